The predicted octanol–water partition coefficient (Wildman–Crippen LogP) is 3.15. The number of benzene rings is 1. The second-order valence-corrected chi connectivity index (χ2v) is 5.34. The predicted molar refractivity (Wildman–Crippen MR) is 88.1 cm³/mol. The van der Waals surface area contributed by atoms with E-state index < -0.39 is 0 Å². The van der Waals surface area contributed by atoms with Crippen molar-refractivity contribution in [2.24, 2.45) is 0 Å². The lowest BCUT2D eigenvalue weighted by Gasteiger charge is -2.12. The van der Waals surface area contributed by atoms with Crippen LogP contribution in [0.15, 0.2) is 35.1 Å². The Morgan fingerprint density at radius 3 is 2.71 bits per heavy atom. The van der Waals surface area contributed by atoms with Crippen molar-refractivity contribution in [2.75, 3.05) is 0 Å². The third-order valence-corrected chi connectivity index (χ3v) is 3.36. The van der Waals surface area contributed by atoms with Gasteiger partial charge in [-0.05, 0) is 39.0 Å². The molecular formula is C16H20N2O2S. The molecule has 21 heavy (non-hydrogen) atoms. The highest BCUT2D eigenvalue weighted by Crippen LogP contribution is 2.23. The molecule has 0 aliphatic carbocycles. The van der Waals surface area contributed by atoms with Gasteiger partial charge in [0, 0.05) is 23.4 Å². The van der Waals surface area contributed by atoms with Crippen LogP contribution in [0.3, 0.4) is 0 Å². The zero-order valence-corrected chi connectivity index (χ0v) is 13.4. The van der Waals surface area contributed by atoms with Gasteiger partial charge in [0.25, 0.3) is 5.56 Å². The third-order valence-electron chi connectivity index (χ3n) is 3.02. The Balaban J connectivity index is 2.48. The Morgan fingerprint density at radius 1 is 1.33 bits per heavy atom. The smallest absolute Gasteiger partial charge is 0.270 e. The van der Waals surface area contributed by atoms with Crippen LogP contribution in [0.4, 0.5) is 0 Å². The monoisotopic (exact) mass is 304 g/mol. The fourth-order valence-corrected chi connectivity index (χ4v) is 2.29. The first kappa shape index (κ1) is 15.6. The van der Waals surface area contributed by atoms with Crippen LogP contribution in [0.25, 0.3) is 11.3 Å². The van der Waals surface area contributed by atoms with E-state index in [1.54, 1.807) is 6.07 Å². The topological polar surface area (TPSA) is 44.1 Å². The van der Waals surface area contributed by atoms with Crippen LogP contribution in [0, 0.1) is 0 Å². The summed E-state index contributed by atoms with van der Waals surface area (Å²) in [6.45, 7) is 6.41. The molecule has 1 aromatic heterocycles. The summed E-state index contributed by atoms with van der Waals surface area (Å²) in [7, 11) is 0. The molecule has 1 heterocycles. The van der Waals surface area contributed by atoms with Crippen molar-refractivity contribution in [3.8, 4) is 17.0 Å². The molecule has 2 aromatic rings. The quantitative estimate of drug-likeness (QED) is 0.863. The first-order chi connectivity index (χ1) is 10.0. The van der Waals surface area contributed by atoms with Crippen LogP contribution >= 0.6 is 12.6 Å². The van der Waals surface area contributed by atoms with Gasteiger partial charge in [-0.3, -0.25) is 4.79 Å². The molecule has 2 rings (SSSR count). The SMILES string of the molecule is CCn1nc(-c2cccc(OC(C)C)c2)cc(CS)c1=O. The van der Waals surface area contributed by atoms with Gasteiger partial charge < -0.3 is 4.74 Å². The van der Waals surface area contributed by atoms with Crippen molar-refractivity contribution in [3.63, 3.8) is 0 Å². The number of hydrogen-bond acceptors (Lipinski definition) is 4. The number of hydrogen-bond donors (Lipinski definition) is 1. The highest BCUT2D eigenvalue weighted by Gasteiger charge is 2.09. The average molecular weight is 304 g/mol. The maximum absolute atomic E-state index is 12.1. The number of nitrogens with zero attached hydrogens (tertiary/aromatic N) is 2. The van der Waals surface area contributed by atoms with Crippen LogP contribution in [0.1, 0.15) is 26.3 Å². The normalized spacial score (nSPS) is 10.9. The molecule has 0 saturated heterocycles. The zero-order chi connectivity index (χ0) is 15.4. The molecule has 0 saturated carbocycles. The molecule has 5 heteroatoms. The summed E-state index contributed by atoms with van der Waals surface area (Å²) in [4.78, 5) is 12.1. The number of thiol groups is 1. The molecule has 4 nitrogen and oxygen atoms in total. The largest absolute Gasteiger partial charge is 0.491 e. The molecule has 0 N–H and O–H groups in total. The van der Waals surface area contributed by atoms with Crippen molar-refractivity contribution in [3.05, 3.63) is 46.2 Å². The van der Waals surface area contributed by atoms with Gasteiger partial charge in [0.1, 0.15) is 5.75 Å². The lowest BCUT2D eigenvalue weighted by atomic mass is 10.1. The van der Waals surface area contributed by atoms with E-state index in [1.807, 2.05) is 45.0 Å². The van der Waals surface area contributed by atoms with Gasteiger partial charge in [-0.2, -0.15) is 17.7 Å². The van der Waals surface area contributed by atoms with Crippen LogP contribution < -0.4 is 10.3 Å². The summed E-state index contributed by atoms with van der Waals surface area (Å²) in [5.41, 5.74) is 2.26. The summed E-state index contributed by atoms with van der Waals surface area (Å²) >= 11 is 4.23. The van der Waals surface area contributed by atoms with Crippen molar-refractivity contribution in [2.45, 2.75) is 39.2 Å². The molecule has 0 spiro atoms. The minimum Gasteiger partial charge on any atom is -0.491 e. The van der Waals surface area contributed by atoms with E-state index in [0.717, 1.165) is 17.0 Å². The molecule has 112 valence electrons. The molecular weight excluding hydrogens is 284 g/mol. The molecule has 0 aliphatic heterocycles. The Labute approximate surface area is 130 Å². The third kappa shape index (κ3) is 3.67. The van der Waals surface area contributed by atoms with Crippen LogP contribution in [-0.2, 0) is 12.3 Å². The molecule has 0 bridgehead atoms. The lowest BCUT2D eigenvalue weighted by molar-refractivity contribution is 0.242. The lowest BCUT2D eigenvalue weighted by Crippen LogP contribution is -2.25. The van der Waals surface area contributed by atoms with Crippen molar-refractivity contribution in [1.82, 2.24) is 9.78 Å². The van der Waals surface area contributed by atoms with Crippen molar-refractivity contribution in [1.29, 1.82) is 0 Å². The van der Waals surface area contributed by atoms with Gasteiger partial charge in [0.05, 0.1) is 11.8 Å². The van der Waals surface area contributed by atoms with Gasteiger partial charge >= 0.3 is 0 Å². The molecule has 0 radical (unpaired) electrons. The second kappa shape index (κ2) is 6.80. The van der Waals surface area contributed by atoms with Gasteiger partial charge in [-0.1, -0.05) is 12.1 Å². The van der Waals surface area contributed by atoms with Crippen LogP contribution in [0.5, 0.6) is 5.75 Å². The summed E-state index contributed by atoms with van der Waals surface area (Å²) < 4.78 is 7.17. The molecule has 0 unspecified atom stereocenters. The van der Waals surface area contributed by atoms with E-state index >= 15 is 0 Å². The molecule has 0 fully saturated rings. The Morgan fingerprint density at radius 2 is 2.10 bits per heavy atom. The van der Waals surface area contributed by atoms with E-state index in [4.69, 9.17) is 4.74 Å². The van der Waals surface area contributed by atoms with E-state index in [0.29, 0.717) is 17.9 Å². The minimum atomic E-state index is -0.0779. The summed E-state index contributed by atoms with van der Waals surface area (Å²) in [6.07, 6.45) is 0.116. The number of ether oxygens (including phenoxy) is 1. The first-order valence-corrected chi connectivity index (χ1v) is 7.67. The highest BCUT2D eigenvalue weighted by atomic mass is 32.1. The van der Waals surface area contributed by atoms with Crippen LogP contribution in [0.2, 0.25) is 0 Å². The van der Waals surface area contributed by atoms with E-state index in [1.165, 1.54) is 4.68 Å². The minimum absolute atomic E-state index is 0.0779. The van der Waals surface area contributed by atoms with Crippen LogP contribution in [-0.4, -0.2) is 15.9 Å². The highest BCUT2D eigenvalue weighted by molar-refractivity contribution is 7.79. The van der Waals surface area contributed by atoms with E-state index in [9.17, 15) is 4.79 Å². The Bertz CT molecular complexity index is 652. The summed E-state index contributed by atoms with van der Waals surface area (Å²) in [5.74, 6) is 1.20. The maximum atomic E-state index is 12.1. The van der Waals surface area contributed by atoms with Gasteiger partial charge in [0.2, 0.25) is 0 Å². The molecule has 0 atom stereocenters. The summed E-state index contributed by atoms with van der Waals surface area (Å²) in [5, 5.41) is 4.40. The fourth-order valence-electron chi connectivity index (χ4n) is 2.07. The fraction of sp³-hybridized carbons (Fsp3) is 0.375. The average Bonchev–Trinajstić information content (AvgIpc) is 2.47. The van der Waals surface area contributed by atoms with Gasteiger partial charge in [-0.15, -0.1) is 0 Å². The number of aryl methyl sites for hydroxylation is 1. The maximum Gasteiger partial charge on any atom is 0.270 e. The molecule has 0 amide bonds. The van der Waals surface area contributed by atoms with Gasteiger partial charge in [0.15, 0.2) is 0 Å². The Hall–Kier alpha value is -1.75. The number of aromatic nitrogens is 2. The van der Waals surface area contributed by atoms with E-state index in [2.05, 4.69) is 17.7 Å². The Kier molecular flexibility index (Phi) is 5.07. The zero-order valence-electron chi connectivity index (χ0n) is 12.5. The molecule has 0 aliphatic rings. The standard InChI is InChI=1S/C16H20N2O2S/c1-4-18-16(19)13(10-21)9-15(17-18)12-6-5-7-14(8-12)20-11(2)3/h5-9,11,21H,4,10H2,1-3H3. The van der Waals surface area contributed by atoms with E-state index in [-0.39, 0.29) is 11.7 Å². The summed E-state index contributed by atoms with van der Waals surface area (Å²) in [6, 6.07) is 9.54. The molecule has 1 aromatic carbocycles. The first-order valence-electron chi connectivity index (χ1n) is 7.04. The number of rotatable bonds is 5. The van der Waals surface area contributed by atoms with Crippen molar-refractivity contribution < 1.29 is 4.74 Å². The van der Waals surface area contributed by atoms with Crippen molar-refractivity contribution >= 4 is 12.6 Å². The second-order valence-electron chi connectivity index (χ2n) is 5.03. The van der Waals surface area contributed by atoms with Gasteiger partial charge in [-0.25, -0.2) is 4.68 Å².